The molecule has 1 aromatic rings. The number of nitrogens with one attached hydrogen (secondary N) is 1. The molecular formula is C15H20N2OS. The Kier molecular flexibility index (Phi) is 5.56. The van der Waals surface area contributed by atoms with E-state index < -0.39 is 0 Å². The Bertz CT molecular complexity index is 450. The molecule has 19 heavy (non-hydrogen) atoms. The molecule has 1 saturated carbocycles. The number of nitriles is 1. The SMILES string of the molecule is CSc1cccc(NCCOC2CCCC2)c1C#N. The second-order valence-electron chi connectivity index (χ2n) is 4.70. The van der Waals surface area contributed by atoms with Gasteiger partial charge in [-0.25, -0.2) is 0 Å². The van der Waals surface area contributed by atoms with Crippen molar-refractivity contribution in [1.29, 1.82) is 5.26 Å². The average molecular weight is 276 g/mol. The molecule has 0 aliphatic heterocycles. The van der Waals surface area contributed by atoms with E-state index in [4.69, 9.17) is 4.74 Å². The van der Waals surface area contributed by atoms with E-state index in [9.17, 15) is 5.26 Å². The van der Waals surface area contributed by atoms with Gasteiger partial charge in [-0.15, -0.1) is 11.8 Å². The second kappa shape index (κ2) is 7.42. The lowest BCUT2D eigenvalue weighted by molar-refractivity contribution is 0.0659. The molecule has 0 spiro atoms. The van der Waals surface area contributed by atoms with E-state index in [-0.39, 0.29) is 0 Å². The van der Waals surface area contributed by atoms with Crippen LogP contribution >= 0.6 is 11.8 Å². The van der Waals surface area contributed by atoms with Gasteiger partial charge in [-0.1, -0.05) is 18.9 Å². The van der Waals surface area contributed by atoms with Crippen LogP contribution in [0.5, 0.6) is 0 Å². The number of ether oxygens (including phenoxy) is 1. The van der Waals surface area contributed by atoms with E-state index in [2.05, 4.69) is 11.4 Å². The molecule has 0 radical (unpaired) electrons. The highest BCUT2D eigenvalue weighted by atomic mass is 32.2. The first-order valence-corrected chi connectivity index (χ1v) is 8.00. The van der Waals surface area contributed by atoms with Gasteiger partial charge in [0.05, 0.1) is 24.0 Å². The highest BCUT2D eigenvalue weighted by Gasteiger charge is 2.14. The Morgan fingerprint density at radius 3 is 2.89 bits per heavy atom. The summed E-state index contributed by atoms with van der Waals surface area (Å²) in [6.45, 7) is 1.46. The molecule has 2 rings (SSSR count). The third-order valence-electron chi connectivity index (χ3n) is 3.43. The Morgan fingerprint density at radius 2 is 2.21 bits per heavy atom. The van der Waals surface area contributed by atoms with Gasteiger partial charge < -0.3 is 10.1 Å². The van der Waals surface area contributed by atoms with E-state index in [1.54, 1.807) is 11.8 Å². The molecule has 3 nitrogen and oxygen atoms in total. The Balaban J connectivity index is 1.83. The Labute approximate surface area is 119 Å². The summed E-state index contributed by atoms with van der Waals surface area (Å²) >= 11 is 1.60. The van der Waals surface area contributed by atoms with Crippen LogP contribution < -0.4 is 5.32 Å². The van der Waals surface area contributed by atoms with Crippen molar-refractivity contribution in [2.24, 2.45) is 0 Å². The van der Waals surface area contributed by atoms with Crippen LogP contribution in [0.3, 0.4) is 0 Å². The van der Waals surface area contributed by atoms with Crippen molar-refractivity contribution in [2.75, 3.05) is 24.7 Å². The molecule has 0 bridgehead atoms. The van der Waals surface area contributed by atoms with Gasteiger partial charge in [0.2, 0.25) is 0 Å². The Morgan fingerprint density at radius 1 is 1.42 bits per heavy atom. The third kappa shape index (κ3) is 3.89. The topological polar surface area (TPSA) is 45.0 Å². The quantitative estimate of drug-likeness (QED) is 0.636. The normalized spacial score (nSPS) is 15.4. The lowest BCUT2D eigenvalue weighted by Gasteiger charge is -2.13. The standard InChI is InChI=1S/C15H20N2OS/c1-19-15-8-4-7-14(13(15)11-16)17-9-10-18-12-5-2-3-6-12/h4,7-8,12,17H,2-3,5-6,9-10H2,1H3. The predicted molar refractivity (Wildman–Crippen MR) is 79.6 cm³/mol. The van der Waals surface area contributed by atoms with Crippen LogP contribution in [0.4, 0.5) is 5.69 Å². The van der Waals surface area contributed by atoms with Crippen molar-refractivity contribution >= 4 is 17.4 Å². The van der Waals surface area contributed by atoms with Gasteiger partial charge in [0.1, 0.15) is 6.07 Å². The van der Waals surface area contributed by atoms with Crippen molar-refractivity contribution in [1.82, 2.24) is 0 Å². The van der Waals surface area contributed by atoms with E-state index >= 15 is 0 Å². The van der Waals surface area contributed by atoms with Gasteiger partial charge in [0.15, 0.2) is 0 Å². The molecule has 1 aliphatic carbocycles. The summed E-state index contributed by atoms with van der Waals surface area (Å²) in [6, 6.07) is 8.18. The molecule has 102 valence electrons. The summed E-state index contributed by atoms with van der Waals surface area (Å²) in [5.41, 5.74) is 1.64. The summed E-state index contributed by atoms with van der Waals surface area (Å²) in [5, 5.41) is 12.5. The number of hydrogen-bond donors (Lipinski definition) is 1. The van der Waals surface area contributed by atoms with E-state index in [0.717, 1.165) is 22.7 Å². The van der Waals surface area contributed by atoms with Gasteiger partial charge in [-0.05, 0) is 31.2 Å². The third-order valence-corrected chi connectivity index (χ3v) is 4.21. The number of anilines is 1. The fourth-order valence-corrected chi connectivity index (χ4v) is 3.00. The van der Waals surface area contributed by atoms with E-state index in [1.807, 2.05) is 24.5 Å². The van der Waals surface area contributed by atoms with Gasteiger partial charge in [0, 0.05) is 11.4 Å². The van der Waals surface area contributed by atoms with Crippen LogP contribution in [0.15, 0.2) is 23.1 Å². The minimum absolute atomic E-state index is 0.453. The maximum atomic E-state index is 9.22. The first kappa shape index (κ1) is 14.2. The minimum Gasteiger partial charge on any atom is -0.382 e. The summed E-state index contributed by atoms with van der Waals surface area (Å²) in [5.74, 6) is 0. The smallest absolute Gasteiger partial charge is 0.102 e. The van der Waals surface area contributed by atoms with Gasteiger partial charge in [-0.2, -0.15) is 5.26 Å². The first-order chi connectivity index (χ1) is 9.35. The number of nitrogens with zero attached hydrogens (tertiary/aromatic N) is 1. The fourth-order valence-electron chi connectivity index (χ4n) is 2.43. The van der Waals surface area contributed by atoms with Crippen LogP contribution in [0, 0.1) is 11.3 Å². The highest BCUT2D eigenvalue weighted by Crippen LogP contribution is 2.26. The molecule has 0 aromatic heterocycles. The average Bonchev–Trinajstić information content (AvgIpc) is 2.96. The van der Waals surface area contributed by atoms with Gasteiger partial charge >= 0.3 is 0 Å². The van der Waals surface area contributed by atoms with Gasteiger partial charge in [-0.3, -0.25) is 0 Å². The van der Waals surface area contributed by atoms with Crippen molar-refractivity contribution in [3.8, 4) is 6.07 Å². The molecule has 0 unspecified atom stereocenters. The van der Waals surface area contributed by atoms with Crippen molar-refractivity contribution in [3.63, 3.8) is 0 Å². The lowest BCUT2D eigenvalue weighted by Crippen LogP contribution is -2.15. The second-order valence-corrected chi connectivity index (χ2v) is 5.55. The van der Waals surface area contributed by atoms with Crippen LogP contribution in [-0.4, -0.2) is 25.5 Å². The zero-order valence-corrected chi connectivity index (χ0v) is 12.1. The highest BCUT2D eigenvalue weighted by molar-refractivity contribution is 7.98. The van der Waals surface area contributed by atoms with Crippen molar-refractivity contribution < 1.29 is 4.74 Å². The monoisotopic (exact) mass is 276 g/mol. The van der Waals surface area contributed by atoms with Crippen LogP contribution in [0.1, 0.15) is 31.2 Å². The molecule has 4 heteroatoms. The van der Waals surface area contributed by atoms with Gasteiger partial charge in [0.25, 0.3) is 0 Å². The van der Waals surface area contributed by atoms with E-state index in [0.29, 0.717) is 12.7 Å². The maximum Gasteiger partial charge on any atom is 0.102 e. The minimum atomic E-state index is 0.453. The zero-order valence-electron chi connectivity index (χ0n) is 11.3. The molecular weight excluding hydrogens is 256 g/mol. The fraction of sp³-hybridized carbons (Fsp3) is 0.533. The van der Waals surface area contributed by atoms with Crippen molar-refractivity contribution in [3.05, 3.63) is 23.8 Å². The first-order valence-electron chi connectivity index (χ1n) is 6.77. The molecule has 1 N–H and O–H groups in total. The van der Waals surface area contributed by atoms with Crippen LogP contribution in [0.25, 0.3) is 0 Å². The molecule has 0 saturated heterocycles. The largest absolute Gasteiger partial charge is 0.382 e. The van der Waals surface area contributed by atoms with Crippen LogP contribution in [0.2, 0.25) is 0 Å². The lowest BCUT2D eigenvalue weighted by atomic mass is 10.2. The molecule has 1 aromatic carbocycles. The predicted octanol–water partition coefficient (Wildman–Crippen LogP) is 3.65. The summed E-state index contributed by atoms with van der Waals surface area (Å²) < 4.78 is 5.80. The van der Waals surface area contributed by atoms with Crippen LogP contribution in [-0.2, 0) is 4.74 Å². The van der Waals surface area contributed by atoms with Crippen molar-refractivity contribution in [2.45, 2.75) is 36.7 Å². The summed E-state index contributed by atoms with van der Waals surface area (Å²) in [6.07, 6.45) is 7.44. The molecule has 0 amide bonds. The molecule has 1 aliphatic rings. The Hall–Kier alpha value is -1.18. The zero-order chi connectivity index (χ0) is 13.5. The maximum absolute atomic E-state index is 9.22. The van der Waals surface area contributed by atoms with E-state index in [1.165, 1.54) is 25.7 Å². The number of rotatable bonds is 6. The molecule has 1 fully saturated rings. The number of thioether (sulfide) groups is 1. The summed E-state index contributed by atoms with van der Waals surface area (Å²) in [4.78, 5) is 1.02. The number of benzene rings is 1. The summed E-state index contributed by atoms with van der Waals surface area (Å²) in [7, 11) is 0. The molecule has 0 heterocycles. The molecule has 0 atom stereocenters. The number of hydrogen-bond acceptors (Lipinski definition) is 4.